The Morgan fingerprint density at radius 3 is 2.36 bits per heavy atom. The van der Waals surface area contributed by atoms with Gasteiger partial charge >= 0.3 is 6.18 Å². The van der Waals surface area contributed by atoms with Crippen molar-refractivity contribution in [1.82, 2.24) is 19.9 Å². The third kappa shape index (κ3) is 3.97. The van der Waals surface area contributed by atoms with E-state index in [4.69, 9.17) is 0 Å². The van der Waals surface area contributed by atoms with Gasteiger partial charge in [-0.2, -0.15) is 23.1 Å². The topological polar surface area (TPSA) is 58.0 Å². The molecule has 3 aromatic heterocycles. The Morgan fingerprint density at radius 1 is 1.00 bits per heavy atom. The van der Waals surface area contributed by atoms with Crippen LogP contribution in [0.25, 0.3) is 11.0 Å². The number of alkyl halides is 3. The lowest BCUT2D eigenvalue weighted by Crippen LogP contribution is -2.29. The highest BCUT2D eigenvalue weighted by molar-refractivity contribution is 5.87. The smallest absolute Gasteiger partial charge is 0.355 e. The molecular weight excluding hydrogens is 369 g/mol. The maximum Gasteiger partial charge on any atom is 0.433 e. The first-order valence-electron chi connectivity index (χ1n) is 8.76. The normalized spacial score (nSPS) is 11.9. The Balaban J connectivity index is 2.06. The van der Waals surface area contributed by atoms with E-state index in [9.17, 15) is 13.2 Å². The molecule has 0 unspecified atom stereocenters. The van der Waals surface area contributed by atoms with Crippen LogP contribution in [0.3, 0.4) is 0 Å². The van der Waals surface area contributed by atoms with E-state index in [-0.39, 0.29) is 18.2 Å². The van der Waals surface area contributed by atoms with Crippen molar-refractivity contribution in [3.8, 4) is 0 Å². The number of aromatic nitrogens is 4. The molecule has 0 amide bonds. The van der Waals surface area contributed by atoms with Gasteiger partial charge in [-0.05, 0) is 32.0 Å². The first-order valence-corrected chi connectivity index (χ1v) is 8.76. The van der Waals surface area contributed by atoms with Gasteiger partial charge in [0.15, 0.2) is 5.65 Å². The van der Waals surface area contributed by atoms with Crippen molar-refractivity contribution >= 4 is 22.8 Å². The zero-order chi connectivity index (χ0) is 20.5. The zero-order valence-corrected chi connectivity index (χ0v) is 16.1. The molecule has 3 rings (SSSR count). The monoisotopic (exact) mass is 390 g/mol. The first kappa shape index (κ1) is 19.8. The van der Waals surface area contributed by atoms with E-state index in [1.165, 1.54) is 12.1 Å². The third-order valence-electron chi connectivity index (χ3n) is 4.46. The van der Waals surface area contributed by atoms with Crippen LogP contribution in [0.4, 0.5) is 24.9 Å². The maximum atomic E-state index is 13.3. The number of pyridine rings is 2. The Hall–Kier alpha value is -2.97. The van der Waals surface area contributed by atoms with E-state index >= 15 is 0 Å². The maximum absolute atomic E-state index is 13.3. The van der Waals surface area contributed by atoms with Gasteiger partial charge in [-0.1, -0.05) is 6.07 Å². The Labute approximate surface area is 161 Å². The Bertz CT molecular complexity index is 973. The van der Waals surface area contributed by atoms with Crippen LogP contribution in [0.15, 0.2) is 36.7 Å². The van der Waals surface area contributed by atoms with Gasteiger partial charge in [-0.3, -0.25) is 4.98 Å². The summed E-state index contributed by atoms with van der Waals surface area (Å²) in [6.45, 7) is 4.00. The molecule has 0 atom stereocenters. The average molecular weight is 390 g/mol. The number of hydrogen-bond acceptors (Lipinski definition) is 6. The molecule has 0 aliphatic rings. The van der Waals surface area contributed by atoms with Crippen LogP contribution in [0.2, 0.25) is 0 Å². The van der Waals surface area contributed by atoms with Gasteiger partial charge < -0.3 is 9.80 Å². The molecule has 0 bridgehead atoms. The highest BCUT2D eigenvalue weighted by atomic mass is 19.4. The minimum atomic E-state index is -4.52. The van der Waals surface area contributed by atoms with Crippen LogP contribution in [0, 0.1) is 0 Å². The molecule has 9 heteroatoms. The quantitative estimate of drug-likeness (QED) is 0.658. The second kappa shape index (κ2) is 7.57. The van der Waals surface area contributed by atoms with Gasteiger partial charge in [0.05, 0.1) is 5.39 Å². The summed E-state index contributed by atoms with van der Waals surface area (Å²) in [5, 5.41) is 0.670. The van der Waals surface area contributed by atoms with E-state index in [0.29, 0.717) is 22.8 Å². The fourth-order valence-corrected chi connectivity index (χ4v) is 2.77. The number of anilines is 2. The fourth-order valence-electron chi connectivity index (χ4n) is 2.77. The third-order valence-corrected chi connectivity index (χ3v) is 4.46. The van der Waals surface area contributed by atoms with Gasteiger partial charge in [0.2, 0.25) is 5.95 Å². The van der Waals surface area contributed by atoms with Gasteiger partial charge in [0.1, 0.15) is 11.5 Å². The lowest BCUT2D eigenvalue weighted by atomic mass is 10.1. The molecule has 28 heavy (non-hydrogen) atoms. The fraction of sp³-hybridized carbons (Fsp3) is 0.368. The number of halogens is 3. The Morgan fingerprint density at radius 2 is 1.68 bits per heavy atom. The van der Waals surface area contributed by atoms with Crippen molar-refractivity contribution in [2.75, 3.05) is 23.9 Å². The first-order chi connectivity index (χ1) is 13.2. The summed E-state index contributed by atoms with van der Waals surface area (Å²) in [7, 11) is 3.56. The lowest BCUT2D eigenvalue weighted by Gasteiger charge is -2.25. The van der Waals surface area contributed by atoms with Crippen LogP contribution in [0.5, 0.6) is 0 Å². The minimum absolute atomic E-state index is 0.00543. The molecule has 148 valence electrons. The second-order valence-corrected chi connectivity index (χ2v) is 6.79. The van der Waals surface area contributed by atoms with Gasteiger partial charge in [0, 0.05) is 44.6 Å². The van der Waals surface area contributed by atoms with Crippen LogP contribution in [-0.2, 0) is 12.7 Å². The van der Waals surface area contributed by atoms with Gasteiger partial charge in [0.25, 0.3) is 0 Å². The van der Waals surface area contributed by atoms with E-state index in [0.717, 1.165) is 6.20 Å². The molecule has 3 aromatic rings. The molecule has 0 aliphatic heterocycles. The molecule has 0 radical (unpaired) electrons. The second-order valence-electron chi connectivity index (χ2n) is 6.79. The van der Waals surface area contributed by atoms with Crippen LogP contribution < -0.4 is 9.80 Å². The van der Waals surface area contributed by atoms with E-state index in [2.05, 4.69) is 19.9 Å². The molecule has 0 spiro atoms. The van der Waals surface area contributed by atoms with Crippen molar-refractivity contribution < 1.29 is 13.2 Å². The molecule has 3 heterocycles. The van der Waals surface area contributed by atoms with Gasteiger partial charge in [-0.15, -0.1) is 0 Å². The molecule has 0 aromatic carbocycles. The van der Waals surface area contributed by atoms with E-state index < -0.39 is 11.9 Å². The number of nitrogens with zero attached hydrogens (tertiary/aromatic N) is 6. The highest BCUT2D eigenvalue weighted by Gasteiger charge is 2.35. The summed E-state index contributed by atoms with van der Waals surface area (Å²) in [6, 6.07) is 6.63. The van der Waals surface area contributed by atoms with Crippen LogP contribution in [0.1, 0.15) is 25.1 Å². The summed E-state index contributed by atoms with van der Waals surface area (Å²) in [6.07, 6.45) is -1.75. The largest absolute Gasteiger partial charge is 0.433 e. The number of fused-ring (bicyclic) bond motifs is 1. The molecule has 0 fully saturated rings. The summed E-state index contributed by atoms with van der Waals surface area (Å²) in [5.41, 5.74) is -0.325. The highest BCUT2D eigenvalue weighted by Crippen LogP contribution is 2.32. The molecule has 0 N–H and O–H groups in total. The SMILES string of the molecule is CC(C)N(C)c1nc(N(C)Cc2cccnc2C(F)(F)F)c2cccnc2n1. The number of rotatable bonds is 5. The van der Waals surface area contributed by atoms with E-state index in [1.54, 1.807) is 30.3 Å². The lowest BCUT2D eigenvalue weighted by molar-refractivity contribution is -0.141. The summed E-state index contributed by atoms with van der Waals surface area (Å²) in [4.78, 5) is 20.5. The molecule has 0 aliphatic carbocycles. The summed E-state index contributed by atoms with van der Waals surface area (Å²) in [5.74, 6) is 0.975. The van der Waals surface area contributed by atoms with Crippen molar-refractivity contribution in [2.24, 2.45) is 0 Å². The molecular formula is C19H21F3N6. The van der Waals surface area contributed by atoms with E-state index in [1.807, 2.05) is 25.8 Å². The number of hydrogen-bond donors (Lipinski definition) is 0. The minimum Gasteiger partial charge on any atom is -0.355 e. The summed E-state index contributed by atoms with van der Waals surface area (Å²) < 4.78 is 39.9. The van der Waals surface area contributed by atoms with Gasteiger partial charge in [-0.25, -0.2) is 4.98 Å². The molecule has 0 saturated heterocycles. The van der Waals surface area contributed by atoms with Crippen LogP contribution in [-0.4, -0.2) is 40.1 Å². The van der Waals surface area contributed by atoms with Crippen molar-refractivity contribution in [1.29, 1.82) is 0 Å². The van der Waals surface area contributed by atoms with Crippen molar-refractivity contribution in [2.45, 2.75) is 32.6 Å². The Kier molecular flexibility index (Phi) is 5.35. The predicted octanol–water partition coefficient (Wildman–Crippen LogP) is 3.92. The molecule has 6 nitrogen and oxygen atoms in total. The standard InChI is InChI=1S/C19H21F3N6/c1-12(2)28(4)18-25-16-14(8-6-10-24-16)17(26-18)27(3)11-13-7-5-9-23-15(13)19(20,21)22/h5-10,12H,11H2,1-4H3. The van der Waals surface area contributed by atoms with Crippen LogP contribution >= 0.6 is 0 Å². The van der Waals surface area contributed by atoms with Crippen molar-refractivity contribution in [3.05, 3.63) is 47.9 Å². The average Bonchev–Trinajstić information content (AvgIpc) is 2.65. The predicted molar refractivity (Wildman–Crippen MR) is 102 cm³/mol. The summed E-state index contributed by atoms with van der Waals surface area (Å²) >= 11 is 0. The zero-order valence-electron chi connectivity index (χ0n) is 16.1. The van der Waals surface area contributed by atoms with Crippen molar-refractivity contribution in [3.63, 3.8) is 0 Å². The molecule has 0 saturated carbocycles.